The Kier molecular flexibility index (Phi) is 7.57. The van der Waals surface area contributed by atoms with Crippen molar-refractivity contribution < 1.29 is 27.4 Å². The minimum absolute atomic E-state index is 0.128. The Morgan fingerprint density at radius 2 is 1.91 bits per heavy atom. The van der Waals surface area contributed by atoms with Crippen LogP contribution in [0.25, 0.3) is 0 Å². The van der Waals surface area contributed by atoms with Gasteiger partial charge in [-0.2, -0.15) is 18.3 Å². The standard InChI is InChI=1S/C22H17F3N4O3S/c1-31-19-11-14(8-9-18(19)32-20(30)15-5-4-10-26-13-15)12-27-29-21(33)28-17-7-3-2-6-16(17)22(23,24)25/h2-13H,1H3,(H2,28,29,33)/b27-12+. The van der Waals surface area contributed by atoms with E-state index in [0.29, 0.717) is 5.56 Å². The molecule has 0 bridgehead atoms. The van der Waals surface area contributed by atoms with Crippen molar-refractivity contribution in [2.24, 2.45) is 5.10 Å². The third-order valence-electron chi connectivity index (χ3n) is 4.15. The number of hydrogen-bond donors (Lipinski definition) is 2. The van der Waals surface area contributed by atoms with Crippen LogP contribution >= 0.6 is 12.2 Å². The summed E-state index contributed by atoms with van der Waals surface area (Å²) in [6, 6.07) is 12.8. The molecule has 0 aliphatic rings. The van der Waals surface area contributed by atoms with Crippen LogP contribution in [-0.2, 0) is 6.18 Å². The number of thiocarbonyl (C=S) groups is 1. The molecule has 0 aliphatic carbocycles. The predicted molar refractivity (Wildman–Crippen MR) is 121 cm³/mol. The average molecular weight is 474 g/mol. The first-order chi connectivity index (χ1) is 15.8. The van der Waals surface area contributed by atoms with Gasteiger partial charge < -0.3 is 14.8 Å². The van der Waals surface area contributed by atoms with Crippen molar-refractivity contribution in [1.29, 1.82) is 0 Å². The summed E-state index contributed by atoms with van der Waals surface area (Å²) in [5, 5.41) is 6.26. The second-order valence-corrected chi connectivity index (χ2v) is 6.82. The number of esters is 1. The molecule has 1 aromatic heterocycles. The summed E-state index contributed by atoms with van der Waals surface area (Å²) >= 11 is 5.01. The largest absolute Gasteiger partial charge is 0.493 e. The van der Waals surface area contributed by atoms with Crippen molar-refractivity contribution >= 4 is 35.2 Å². The Morgan fingerprint density at radius 3 is 2.61 bits per heavy atom. The molecule has 0 amide bonds. The summed E-state index contributed by atoms with van der Waals surface area (Å²) in [6.07, 6.45) is -0.235. The van der Waals surface area contributed by atoms with Gasteiger partial charge in [-0.3, -0.25) is 10.4 Å². The van der Waals surface area contributed by atoms with Crippen LogP contribution in [0.1, 0.15) is 21.5 Å². The summed E-state index contributed by atoms with van der Waals surface area (Å²) in [7, 11) is 1.41. The van der Waals surface area contributed by atoms with Gasteiger partial charge in [-0.25, -0.2) is 4.79 Å². The van der Waals surface area contributed by atoms with E-state index >= 15 is 0 Å². The Hall–Kier alpha value is -3.99. The van der Waals surface area contributed by atoms with Crippen LogP contribution in [0.3, 0.4) is 0 Å². The van der Waals surface area contributed by atoms with Gasteiger partial charge in [-0.1, -0.05) is 12.1 Å². The third kappa shape index (κ3) is 6.50. The predicted octanol–water partition coefficient (Wildman–Crippen LogP) is 4.65. The molecule has 7 nitrogen and oxygen atoms in total. The second-order valence-electron chi connectivity index (χ2n) is 6.41. The minimum atomic E-state index is -4.53. The van der Waals surface area contributed by atoms with E-state index in [1.54, 1.807) is 24.3 Å². The number of aromatic nitrogens is 1. The normalized spacial score (nSPS) is 11.2. The number of benzene rings is 2. The number of hydrogen-bond acceptors (Lipinski definition) is 6. The molecule has 0 fully saturated rings. The van der Waals surface area contributed by atoms with E-state index < -0.39 is 17.7 Å². The number of carbonyl (C=O) groups is 1. The number of ether oxygens (including phenoxy) is 2. The molecule has 0 saturated carbocycles. The lowest BCUT2D eigenvalue weighted by Crippen LogP contribution is -2.25. The molecule has 3 rings (SSSR count). The molecule has 0 aliphatic heterocycles. The SMILES string of the molecule is COc1cc(/C=N/NC(=S)Nc2ccccc2C(F)(F)F)ccc1OC(=O)c1cccnc1. The van der Waals surface area contributed by atoms with E-state index in [0.717, 1.165) is 6.07 Å². The monoisotopic (exact) mass is 474 g/mol. The number of anilines is 1. The number of rotatable bonds is 6. The Morgan fingerprint density at radius 1 is 1.12 bits per heavy atom. The van der Waals surface area contributed by atoms with Crippen LogP contribution in [0.5, 0.6) is 11.5 Å². The molecule has 0 spiro atoms. The van der Waals surface area contributed by atoms with Crippen LogP contribution in [0.15, 0.2) is 72.1 Å². The Bertz CT molecular complexity index is 1170. The van der Waals surface area contributed by atoms with Gasteiger partial charge in [0.15, 0.2) is 16.6 Å². The van der Waals surface area contributed by atoms with Crippen molar-refractivity contribution in [3.05, 3.63) is 83.7 Å². The fraction of sp³-hybridized carbons (Fsp3) is 0.0909. The zero-order valence-corrected chi connectivity index (χ0v) is 17.9. The minimum Gasteiger partial charge on any atom is -0.493 e. The van der Waals surface area contributed by atoms with Crippen LogP contribution < -0.4 is 20.2 Å². The lowest BCUT2D eigenvalue weighted by Gasteiger charge is -2.14. The topological polar surface area (TPSA) is 84.8 Å². The molecule has 2 aromatic carbocycles. The molecule has 0 saturated heterocycles. The molecular formula is C22H17F3N4O3S. The van der Waals surface area contributed by atoms with Crippen molar-refractivity contribution in [2.75, 3.05) is 12.4 Å². The molecule has 0 radical (unpaired) electrons. The molecule has 170 valence electrons. The van der Waals surface area contributed by atoms with E-state index in [1.165, 1.54) is 50.0 Å². The van der Waals surface area contributed by atoms with Crippen LogP contribution in [-0.4, -0.2) is 29.4 Å². The number of hydrazone groups is 1. The molecule has 3 aromatic rings. The number of carbonyl (C=O) groups excluding carboxylic acids is 1. The van der Waals surface area contributed by atoms with Gasteiger partial charge >= 0.3 is 12.1 Å². The van der Waals surface area contributed by atoms with Gasteiger partial charge in [-0.05, 0) is 60.2 Å². The van der Waals surface area contributed by atoms with Crippen LogP contribution in [0.4, 0.5) is 18.9 Å². The van der Waals surface area contributed by atoms with Gasteiger partial charge in [0.05, 0.1) is 30.1 Å². The highest BCUT2D eigenvalue weighted by Gasteiger charge is 2.33. The summed E-state index contributed by atoms with van der Waals surface area (Å²) in [4.78, 5) is 16.1. The van der Waals surface area contributed by atoms with Gasteiger partial charge in [-0.15, -0.1) is 0 Å². The van der Waals surface area contributed by atoms with E-state index in [-0.39, 0.29) is 27.9 Å². The number of halogens is 3. The first-order valence-corrected chi connectivity index (χ1v) is 9.75. The molecule has 11 heteroatoms. The number of nitrogens with zero attached hydrogens (tertiary/aromatic N) is 2. The van der Waals surface area contributed by atoms with Crippen molar-refractivity contribution in [3.63, 3.8) is 0 Å². The Labute approximate surface area is 192 Å². The molecule has 0 atom stereocenters. The van der Waals surface area contributed by atoms with Gasteiger partial charge in [0.2, 0.25) is 0 Å². The van der Waals surface area contributed by atoms with Crippen molar-refractivity contribution in [1.82, 2.24) is 10.4 Å². The third-order valence-corrected chi connectivity index (χ3v) is 4.34. The summed E-state index contributed by atoms with van der Waals surface area (Å²) < 4.78 is 49.8. The van der Waals surface area contributed by atoms with E-state index in [4.69, 9.17) is 21.7 Å². The average Bonchev–Trinajstić information content (AvgIpc) is 2.80. The summed E-state index contributed by atoms with van der Waals surface area (Å²) in [5.41, 5.74) is 2.25. The number of methoxy groups -OCH3 is 1. The van der Waals surface area contributed by atoms with E-state index in [9.17, 15) is 18.0 Å². The number of pyridine rings is 1. The fourth-order valence-electron chi connectivity index (χ4n) is 2.65. The zero-order chi connectivity index (χ0) is 23.8. The van der Waals surface area contributed by atoms with Crippen molar-refractivity contribution in [3.8, 4) is 11.5 Å². The Balaban J connectivity index is 1.64. The molecular weight excluding hydrogens is 457 g/mol. The molecule has 33 heavy (non-hydrogen) atoms. The quantitative estimate of drug-likeness (QED) is 0.177. The molecule has 2 N–H and O–H groups in total. The lowest BCUT2D eigenvalue weighted by molar-refractivity contribution is -0.136. The molecule has 1 heterocycles. The molecule has 0 unspecified atom stereocenters. The number of para-hydroxylation sites is 1. The van der Waals surface area contributed by atoms with E-state index in [2.05, 4.69) is 20.8 Å². The summed E-state index contributed by atoms with van der Waals surface area (Å²) in [6.45, 7) is 0. The van der Waals surface area contributed by atoms with E-state index in [1.807, 2.05) is 0 Å². The van der Waals surface area contributed by atoms with Gasteiger partial charge in [0.25, 0.3) is 0 Å². The highest BCUT2D eigenvalue weighted by atomic mass is 32.1. The van der Waals surface area contributed by atoms with Crippen molar-refractivity contribution in [2.45, 2.75) is 6.18 Å². The number of nitrogens with one attached hydrogen (secondary N) is 2. The van der Waals surface area contributed by atoms with Gasteiger partial charge in [0.1, 0.15) is 0 Å². The maximum Gasteiger partial charge on any atom is 0.418 e. The van der Waals surface area contributed by atoms with Crippen LogP contribution in [0, 0.1) is 0 Å². The maximum absolute atomic E-state index is 13.1. The highest BCUT2D eigenvalue weighted by Crippen LogP contribution is 2.34. The maximum atomic E-state index is 13.1. The first-order valence-electron chi connectivity index (χ1n) is 9.34. The summed E-state index contributed by atoms with van der Waals surface area (Å²) in [5.74, 6) is -0.131. The highest BCUT2D eigenvalue weighted by molar-refractivity contribution is 7.80. The first kappa shape index (κ1) is 23.7. The smallest absolute Gasteiger partial charge is 0.418 e. The zero-order valence-electron chi connectivity index (χ0n) is 17.1. The number of alkyl halides is 3. The fourth-order valence-corrected chi connectivity index (χ4v) is 2.81. The second kappa shape index (κ2) is 10.6. The van der Waals surface area contributed by atoms with Crippen LogP contribution in [0.2, 0.25) is 0 Å². The lowest BCUT2D eigenvalue weighted by atomic mass is 10.2. The van der Waals surface area contributed by atoms with Gasteiger partial charge in [0, 0.05) is 12.4 Å².